The van der Waals surface area contributed by atoms with Gasteiger partial charge in [0.25, 0.3) is 5.91 Å². The van der Waals surface area contributed by atoms with E-state index in [0.29, 0.717) is 24.6 Å². The number of aliphatic carboxylic acids is 1. The Hall–Kier alpha value is -1.78. The lowest BCUT2D eigenvalue weighted by Gasteiger charge is -2.29. The first-order valence-electron chi connectivity index (χ1n) is 7.35. The smallest absolute Gasteiger partial charge is 0.306 e. The van der Waals surface area contributed by atoms with Crippen LogP contribution in [0.1, 0.15) is 55.1 Å². The molecule has 2 aliphatic rings. The van der Waals surface area contributed by atoms with Gasteiger partial charge in [-0.1, -0.05) is 0 Å². The van der Waals surface area contributed by atoms with Crippen molar-refractivity contribution in [1.82, 2.24) is 9.88 Å². The third-order valence-corrected chi connectivity index (χ3v) is 4.60. The van der Waals surface area contributed by atoms with Crippen molar-refractivity contribution in [3.63, 3.8) is 0 Å². The second kappa shape index (κ2) is 5.31. The molecule has 3 rings (SSSR count). The van der Waals surface area contributed by atoms with Crippen molar-refractivity contribution in [2.45, 2.75) is 50.6 Å². The van der Waals surface area contributed by atoms with E-state index in [4.69, 9.17) is 5.11 Å². The van der Waals surface area contributed by atoms with E-state index in [9.17, 15) is 9.59 Å². The maximum Gasteiger partial charge on any atom is 0.306 e. The summed E-state index contributed by atoms with van der Waals surface area (Å²) in [7, 11) is 0. The van der Waals surface area contributed by atoms with Crippen molar-refractivity contribution >= 4 is 11.9 Å². The highest BCUT2D eigenvalue weighted by Gasteiger charge is 2.31. The zero-order valence-corrected chi connectivity index (χ0v) is 11.4. The lowest BCUT2D eigenvalue weighted by Crippen LogP contribution is -2.35. The van der Waals surface area contributed by atoms with E-state index in [0.717, 1.165) is 19.3 Å². The zero-order chi connectivity index (χ0) is 14.1. The van der Waals surface area contributed by atoms with Crippen LogP contribution in [-0.2, 0) is 4.79 Å². The molecule has 2 atom stereocenters. The Morgan fingerprint density at radius 1 is 1.25 bits per heavy atom. The molecule has 5 heteroatoms. The fraction of sp³-hybridized carbons (Fsp3) is 0.600. The summed E-state index contributed by atoms with van der Waals surface area (Å²) in [5.74, 6) is -1.13. The van der Waals surface area contributed by atoms with Gasteiger partial charge in [0.2, 0.25) is 0 Å². The van der Waals surface area contributed by atoms with Crippen LogP contribution < -0.4 is 5.32 Å². The van der Waals surface area contributed by atoms with Gasteiger partial charge < -0.3 is 15.0 Å². The van der Waals surface area contributed by atoms with Gasteiger partial charge in [0.05, 0.1) is 5.92 Å². The van der Waals surface area contributed by atoms with E-state index in [2.05, 4.69) is 9.88 Å². The molecule has 0 aromatic carbocycles. The van der Waals surface area contributed by atoms with Crippen molar-refractivity contribution in [1.29, 1.82) is 0 Å². The van der Waals surface area contributed by atoms with Gasteiger partial charge >= 0.3 is 5.97 Å². The second-order valence-corrected chi connectivity index (χ2v) is 5.90. The predicted molar refractivity (Wildman–Crippen MR) is 73.6 cm³/mol. The first-order chi connectivity index (χ1) is 9.65. The Labute approximate surface area is 118 Å². The number of carboxylic acids is 1. The fourth-order valence-corrected chi connectivity index (χ4v) is 3.17. The molecule has 2 fully saturated rings. The summed E-state index contributed by atoms with van der Waals surface area (Å²) >= 11 is 0. The quantitative estimate of drug-likeness (QED) is 0.885. The lowest BCUT2D eigenvalue weighted by atomic mass is 9.93. The Morgan fingerprint density at radius 3 is 2.65 bits per heavy atom. The second-order valence-electron chi connectivity index (χ2n) is 5.90. The third kappa shape index (κ3) is 2.44. The molecule has 2 saturated carbocycles. The van der Waals surface area contributed by atoms with E-state index in [1.54, 1.807) is 0 Å². The van der Waals surface area contributed by atoms with Gasteiger partial charge in [-0.15, -0.1) is 0 Å². The maximum absolute atomic E-state index is 12.3. The van der Waals surface area contributed by atoms with Crippen LogP contribution in [0.3, 0.4) is 0 Å². The number of hydrogen-bond acceptors (Lipinski definition) is 2. The molecule has 0 spiro atoms. The number of rotatable bonds is 4. The van der Waals surface area contributed by atoms with Gasteiger partial charge in [0.15, 0.2) is 0 Å². The van der Waals surface area contributed by atoms with Crippen LogP contribution in [0.4, 0.5) is 0 Å². The number of carbonyl (C=O) groups excluding carboxylic acids is 1. The molecule has 2 unspecified atom stereocenters. The molecular formula is C15H20N2O3. The molecule has 0 radical (unpaired) electrons. The molecule has 2 aliphatic carbocycles. The molecule has 2 N–H and O–H groups in total. The van der Waals surface area contributed by atoms with Crippen molar-refractivity contribution in [3.05, 3.63) is 24.0 Å². The number of hydrogen-bond donors (Lipinski definition) is 2. The van der Waals surface area contributed by atoms with Gasteiger partial charge in [-0.05, 0) is 50.7 Å². The monoisotopic (exact) mass is 276 g/mol. The number of nitrogens with one attached hydrogen (secondary N) is 1. The molecular weight excluding hydrogens is 256 g/mol. The van der Waals surface area contributed by atoms with E-state index < -0.39 is 5.97 Å². The molecule has 0 saturated heterocycles. The summed E-state index contributed by atoms with van der Waals surface area (Å²) in [6.07, 6.45) is 7.43. The molecule has 1 aromatic heterocycles. The van der Waals surface area contributed by atoms with Crippen molar-refractivity contribution < 1.29 is 14.7 Å². The third-order valence-electron chi connectivity index (χ3n) is 4.60. The van der Waals surface area contributed by atoms with Gasteiger partial charge in [0.1, 0.15) is 5.69 Å². The Bertz CT molecular complexity index is 519. The molecule has 1 aromatic rings. The van der Waals surface area contributed by atoms with E-state index in [1.807, 2.05) is 18.3 Å². The van der Waals surface area contributed by atoms with Crippen LogP contribution in [0.2, 0.25) is 0 Å². The van der Waals surface area contributed by atoms with Crippen LogP contribution in [-0.4, -0.2) is 27.6 Å². The maximum atomic E-state index is 12.3. The van der Waals surface area contributed by atoms with E-state index in [1.165, 1.54) is 6.42 Å². The van der Waals surface area contributed by atoms with Gasteiger partial charge in [-0.3, -0.25) is 9.59 Å². The SMILES string of the molecule is O=C(NC1CCC(C(=O)O)C1)c1cccn1C1CCC1. The summed E-state index contributed by atoms with van der Waals surface area (Å²) < 4.78 is 2.06. The highest BCUT2D eigenvalue weighted by Crippen LogP contribution is 2.33. The summed E-state index contributed by atoms with van der Waals surface area (Å²) in [4.78, 5) is 23.3. The molecule has 0 bridgehead atoms. The first kappa shape index (κ1) is 13.2. The van der Waals surface area contributed by atoms with Gasteiger partial charge in [-0.25, -0.2) is 0 Å². The number of carbonyl (C=O) groups is 2. The summed E-state index contributed by atoms with van der Waals surface area (Å²) in [6.45, 7) is 0. The fourth-order valence-electron chi connectivity index (χ4n) is 3.17. The average Bonchev–Trinajstić information content (AvgIpc) is 2.95. The topological polar surface area (TPSA) is 71.3 Å². The van der Waals surface area contributed by atoms with E-state index >= 15 is 0 Å². The molecule has 1 heterocycles. The molecule has 1 amide bonds. The lowest BCUT2D eigenvalue weighted by molar-refractivity contribution is -0.141. The molecule has 0 aliphatic heterocycles. The number of aromatic nitrogens is 1. The van der Waals surface area contributed by atoms with Crippen LogP contribution >= 0.6 is 0 Å². The Kier molecular flexibility index (Phi) is 3.51. The predicted octanol–water partition coefficient (Wildman–Crippen LogP) is 2.20. The van der Waals surface area contributed by atoms with Crippen molar-refractivity contribution in [2.75, 3.05) is 0 Å². The number of amides is 1. The molecule has 5 nitrogen and oxygen atoms in total. The standard InChI is InChI=1S/C15H20N2O3/c18-14(16-11-7-6-10(9-11)15(19)20)13-5-2-8-17(13)12-3-1-4-12/h2,5,8,10-12H,1,3-4,6-7,9H2,(H,16,18)(H,19,20). The molecule has 20 heavy (non-hydrogen) atoms. The van der Waals surface area contributed by atoms with Gasteiger partial charge in [0, 0.05) is 18.3 Å². The average molecular weight is 276 g/mol. The van der Waals surface area contributed by atoms with Crippen LogP contribution in [0.5, 0.6) is 0 Å². The normalized spacial score (nSPS) is 26.2. The minimum atomic E-state index is -0.750. The van der Waals surface area contributed by atoms with Crippen LogP contribution in [0.15, 0.2) is 18.3 Å². The van der Waals surface area contributed by atoms with Crippen molar-refractivity contribution in [3.8, 4) is 0 Å². The first-order valence-corrected chi connectivity index (χ1v) is 7.35. The highest BCUT2D eigenvalue weighted by molar-refractivity contribution is 5.93. The number of carboxylic acid groups (broad SMARTS) is 1. The summed E-state index contributed by atoms with van der Waals surface area (Å²) in [5.41, 5.74) is 0.702. The van der Waals surface area contributed by atoms with Crippen molar-refractivity contribution in [2.24, 2.45) is 5.92 Å². The zero-order valence-electron chi connectivity index (χ0n) is 11.4. The largest absolute Gasteiger partial charge is 0.481 e. The Balaban J connectivity index is 1.62. The highest BCUT2D eigenvalue weighted by atomic mass is 16.4. The molecule has 108 valence electrons. The number of nitrogens with zero attached hydrogens (tertiary/aromatic N) is 1. The van der Waals surface area contributed by atoms with Gasteiger partial charge in [-0.2, -0.15) is 0 Å². The minimum Gasteiger partial charge on any atom is -0.481 e. The van der Waals surface area contributed by atoms with E-state index in [-0.39, 0.29) is 17.9 Å². The summed E-state index contributed by atoms with van der Waals surface area (Å²) in [5, 5.41) is 12.0. The summed E-state index contributed by atoms with van der Waals surface area (Å²) in [6, 6.07) is 4.20. The van der Waals surface area contributed by atoms with Crippen LogP contribution in [0.25, 0.3) is 0 Å². The minimum absolute atomic E-state index is 0.00617. The Morgan fingerprint density at radius 2 is 2.05 bits per heavy atom. The van der Waals surface area contributed by atoms with Crippen LogP contribution in [0, 0.1) is 5.92 Å².